The number of anilines is 1. The molecule has 0 saturated carbocycles. The molecule has 4 rings (SSSR count). The summed E-state index contributed by atoms with van der Waals surface area (Å²) < 4.78 is 72.1. The van der Waals surface area contributed by atoms with Crippen molar-refractivity contribution in [2.45, 2.75) is 12.1 Å². The maximum atomic E-state index is 13.6. The van der Waals surface area contributed by atoms with Gasteiger partial charge in [-0.05, 0) is 35.4 Å². The van der Waals surface area contributed by atoms with E-state index in [9.17, 15) is 31.5 Å². The quantitative estimate of drug-likeness (QED) is 0.544. The van der Waals surface area contributed by atoms with Gasteiger partial charge in [-0.1, -0.05) is 12.1 Å². The fraction of sp³-hybridized carbons (Fsp3) is 0.238. The van der Waals surface area contributed by atoms with Crippen LogP contribution in [0.5, 0.6) is 0 Å². The minimum atomic E-state index is -4.77. The van der Waals surface area contributed by atoms with Crippen LogP contribution in [0.15, 0.2) is 46.9 Å². The Morgan fingerprint density at radius 2 is 1.69 bits per heavy atom. The maximum absolute atomic E-state index is 13.6. The van der Waals surface area contributed by atoms with Crippen molar-refractivity contribution in [3.05, 3.63) is 53.6 Å². The van der Waals surface area contributed by atoms with Crippen LogP contribution < -0.4 is 4.90 Å². The Morgan fingerprint density at radius 1 is 1.06 bits per heavy atom. The summed E-state index contributed by atoms with van der Waals surface area (Å²) >= 11 is 0. The number of rotatable bonds is 3. The van der Waals surface area contributed by atoms with E-state index in [0.717, 1.165) is 18.0 Å². The number of carboxylic acid groups (broad SMARTS) is 1. The molecular formula is C21H15F5N2O4. The first kappa shape index (κ1) is 21.6. The average Bonchev–Trinajstić information content (AvgIpc) is 3.13. The summed E-state index contributed by atoms with van der Waals surface area (Å²) in [5.41, 5.74) is -0.954. The summed E-state index contributed by atoms with van der Waals surface area (Å²) in [6.45, 7) is -1.35. The molecule has 6 nitrogen and oxygen atoms in total. The molecule has 1 aliphatic heterocycles. The molecule has 0 unspecified atom stereocenters. The number of alkyl halides is 5. The van der Waals surface area contributed by atoms with Gasteiger partial charge in [-0.15, -0.1) is 0 Å². The minimum absolute atomic E-state index is 0.0425. The van der Waals surface area contributed by atoms with Gasteiger partial charge in [0.2, 0.25) is 5.88 Å². The first-order chi connectivity index (χ1) is 14.9. The molecule has 1 saturated heterocycles. The van der Waals surface area contributed by atoms with Crippen LogP contribution in [0.25, 0.3) is 22.1 Å². The standard InChI is InChI=1S/C21H15F5N2O4/c1-27(19(30)31)16-8-14-6-13(7-15(17(14)32-16)21(24,25)26)11-2-4-12(5-3-11)18(29)28-9-20(22,23)10-28/h2-8H,9-10H2,1H3,(H,30,31). The fourth-order valence-electron chi connectivity index (χ4n) is 3.42. The molecule has 11 heteroatoms. The molecule has 0 atom stereocenters. The number of nitrogens with zero attached hydrogens (tertiary/aromatic N) is 2. The van der Waals surface area contributed by atoms with Gasteiger partial charge in [0.05, 0.1) is 18.7 Å². The maximum Gasteiger partial charge on any atom is 0.420 e. The van der Waals surface area contributed by atoms with Crippen molar-refractivity contribution >= 4 is 28.9 Å². The van der Waals surface area contributed by atoms with Gasteiger partial charge < -0.3 is 14.4 Å². The Hall–Kier alpha value is -3.63. The molecule has 2 amide bonds. The highest BCUT2D eigenvalue weighted by Crippen LogP contribution is 2.41. The zero-order valence-electron chi connectivity index (χ0n) is 16.4. The number of hydrogen-bond donors (Lipinski definition) is 1. The van der Waals surface area contributed by atoms with Crippen molar-refractivity contribution in [1.82, 2.24) is 4.90 Å². The summed E-state index contributed by atoms with van der Waals surface area (Å²) in [6, 6.07) is 8.98. The first-order valence-corrected chi connectivity index (χ1v) is 9.25. The summed E-state index contributed by atoms with van der Waals surface area (Å²) in [5, 5.41) is 9.10. The van der Waals surface area contributed by atoms with Crippen LogP contribution in [0.3, 0.4) is 0 Å². The van der Waals surface area contributed by atoms with Crippen LogP contribution in [0, 0.1) is 0 Å². The summed E-state index contributed by atoms with van der Waals surface area (Å²) in [4.78, 5) is 25.0. The lowest BCUT2D eigenvalue weighted by Gasteiger charge is -2.38. The van der Waals surface area contributed by atoms with Gasteiger partial charge in [0.1, 0.15) is 5.58 Å². The monoisotopic (exact) mass is 454 g/mol. The first-order valence-electron chi connectivity index (χ1n) is 9.25. The minimum Gasteiger partial charge on any atom is -0.465 e. The van der Waals surface area contributed by atoms with Crippen molar-refractivity contribution in [3.8, 4) is 11.1 Å². The number of fused-ring (bicyclic) bond motifs is 1. The van der Waals surface area contributed by atoms with Crippen molar-refractivity contribution in [1.29, 1.82) is 0 Å². The number of halogens is 5. The second kappa shape index (κ2) is 7.21. The van der Waals surface area contributed by atoms with Crippen LogP contribution in [0.4, 0.5) is 32.6 Å². The van der Waals surface area contributed by atoms with Crippen LogP contribution in [0.1, 0.15) is 15.9 Å². The zero-order chi connectivity index (χ0) is 23.4. The highest BCUT2D eigenvalue weighted by atomic mass is 19.4. The normalized spacial score (nSPS) is 15.5. The molecule has 0 aliphatic carbocycles. The van der Waals surface area contributed by atoms with Crippen LogP contribution >= 0.6 is 0 Å². The Morgan fingerprint density at radius 3 is 2.22 bits per heavy atom. The number of furan rings is 1. The summed E-state index contributed by atoms with van der Waals surface area (Å²) in [7, 11) is 1.14. The molecule has 0 spiro atoms. The van der Waals surface area contributed by atoms with Gasteiger partial charge in [0, 0.05) is 24.1 Å². The second-order valence-corrected chi connectivity index (χ2v) is 7.46. The largest absolute Gasteiger partial charge is 0.465 e. The predicted octanol–water partition coefficient (Wildman–Crippen LogP) is 5.32. The number of hydrogen-bond acceptors (Lipinski definition) is 3. The zero-order valence-corrected chi connectivity index (χ0v) is 16.4. The Labute approximate surface area is 177 Å². The van der Waals surface area contributed by atoms with E-state index in [0.29, 0.717) is 10.5 Å². The second-order valence-electron chi connectivity index (χ2n) is 7.46. The van der Waals surface area contributed by atoms with Crippen LogP contribution in [-0.2, 0) is 6.18 Å². The van der Waals surface area contributed by atoms with Gasteiger partial charge in [-0.25, -0.2) is 13.6 Å². The van der Waals surface area contributed by atoms with Crippen molar-refractivity contribution < 1.29 is 41.1 Å². The molecule has 3 aromatic rings. The van der Waals surface area contributed by atoms with Gasteiger partial charge in [-0.2, -0.15) is 13.2 Å². The van der Waals surface area contributed by atoms with E-state index < -0.39 is 48.3 Å². The number of amides is 2. The van der Waals surface area contributed by atoms with Crippen molar-refractivity contribution in [2.24, 2.45) is 0 Å². The smallest absolute Gasteiger partial charge is 0.420 e. The van der Waals surface area contributed by atoms with E-state index in [1.807, 2.05) is 0 Å². The van der Waals surface area contributed by atoms with Gasteiger partial charge in [0.25, 0.3) is 11.8 Å². The van der Waals surface area contributed by atoms with Crippen LogP contribution in [0.2, 0.25) is 0 Å². The molecule has 0 radical (unpaired) electrons. The topological polar surface area (TPSA) is 74.0 Å². The number of benzene rings is 2. The van der Waals surface area contributed by atoms with E-state index >= 15 is 0 Å². The van der Waals surface area contributed by atoms with E-state index in [2.05, 4.69) is 0 Å². The Balaban J connectivity index is 1.71. The number of carbonyl (C=O) groups is 2. The molecule has 2 aromatic carbocycles. The molecular weight excluding hydrogens is 439 g/mol. The van der Waals surface area contributed by atoms with E-state index in [-0.39, 0.29) is 22.4 Å². The third-order valence-electron chi connectivity index (χ3n) is 5.12. The van der Waals surface area contributed by atoms with Crippen molar-refractivity contribution in [2.75, 3.05) is 25.0 Å². The van der Waals surface area contributed by atoms with Crippen LogP contribution in [-0.4, -0.2) is 48.1 Å². The highest BCUT2D eigenvalue weighted by molar-refractivity contribution is 5.96. The molecule has 1 aromatic heterocycles. The molecule has 1 fully saturated rings. The SMILES string of the molecule is CN(C(=O)O)c1cc2cc(-c3ccc(C(=O)N4CC(F)(F)C4)cc3)cc(C(F)(F)F)c2o1. The lowest BCUT2D eigenvalue weighted by molar-refractivity contribution is -0.136. The van der Waals surface area contributed by atoms with Gasteiger partial charge in [-0.3, -0.25) is 9.69 Å². The van der Waals surface area contributed by atoms with E-state index in [1.165, 1.54) is 36.4 Å². The summed E-state index contributed by atoms with van der Waals surface area (Å²) in [5.74, 6) is -3.77. The number of carbonyl (C=O) groups excluding carboxylic acids is 1. The van der Waals surface area contributed by atoms with E-state index in [4.69, 9.17) is 9.52 Å². The lowest BCUT2D eigenvalue weighted by Crippen LogP contribution is -2.58. The highest BCUT2D eigenvalue weighted by Gasteiger charge is 2.46. The van der Waals surface area contributed by atoms with Crippen molar-refractivity contribution in [3.63, 3.8) is 0 Å². The molecule has 1 aliphatic rings. The number of likely N-dealkylation sites (tertiary alicyclic amines) is 1. The lowest BCUT2D eigenvalue weighted by atomic mass is 9.98. The molecule has 1 N–H and O–H groups in total. The van der Waals surface area contributed by atoms with Gasteiger partial charge in [0.15, 0.2) is 0 Å². The Bertz CT molecular complexity index is 1210. The molecule has 32 heavy (non-hydrogen) atoms. The van der Waals surface area contributed by atoms with E-state index in [1.54, 1.807) is 0 Å². The third-order valence-corrected chi connectivity index (χ3v) is 5.12. The van der Waals surface area contributed by atoms with Gasteiger partial charge >= 0.3 is 12.3 Å². The molecule has 168 valence electrons. The average molecular weight is 454 g/mol. The fourth-order valence-corrected chi connectivity index (χ4v) is 3.42. The predicted molar refractivity (Wildman–Crippen MR) is 104 cm³/mol. The molecule has 0 bridgehead atoms. The third kappa shape index (κ3) is 3.85. The Kier molecular flexibility index (Phi) is 4.87. The summed E-state index contributed by atoms with van der Waals surface area (Å²) in [6.07, 6.45) is -6.18. The molecule has 2 heterocycles.